The number of ether oxygens (including phenoxy) is 2. The van der Waals surface area contributed by atoms with E-state index in [2.05, 4.69) is 4.90 Å². The molecule has 0 aromatic heterocycles. The fourth-order valence-electron chi connectivity index (χ4n) is 5.08. The zero-order chi connectivity index (χ0) is 19.6. The van der Waals surface area contributed by atoms with Gasteiger partial charge in [0.25, 0.3) is 0 Å². The molecule has 6 nitrogen and oxygen atoms in total. The predicted octanol–water partition coefficient (Wildman–Crippen LogP) is 3.43. The van der Waals surface area contributed by atoms with Crippen LogP contribution < -0.4 is 9.47 Å². The van der Waals surface area contributed by atoms with Crippen molar-refractivity contribution in [3.8, 4) is 23.0 Å². The van der Waals surface area contributed by atoms with Crippen LogP contribution in [0.4, 0.5) is 0 Å². The first-order valence-corrected chi connectivity index (χ1v) is 9.52. The topological polar surface area (TPSA) is 82.4 Å². The van der Waals surface area contributed by atoms with Crippen molar-refractivity contribution in [2.24, 2.45) is 0 Å². The van der Waals surface area contributed by atoms with Crippen LogP contribution in [0.1, 0.15) is 30.1 Å². The first-order valence-electron chi connectivity index (χ1n) is 9.52. The molecule has 0 saturated carbocycles. The van der Waals surface area contributed by atoms with Crippen LogP contribution in [0, 0.1) is 0 Å². The number of benzene rings is 3. The lowest BCUT2D eigenvalue weighted by Crippen LogP contribution is -2.39. The molecule has 3 aromatic rings. The number of rotatable bonds is 2. The summed E-state index contributed by atoms with van der Waals surface area (Å²) < 4.78 is 10.9. The molecule has 2 heterocycles. The Balaban J connectivity index is 1.98. The van der Waals surface area contributed by atoms with E-state index in [1.807, 2.05) is 12.1 Å². The Bertz CT molecular complexity index is 1110. The number of hydrogen-bond acceptors (Lipinski definition) is 6. The molecule has 3 N–H and O–H groups in total. The molecule has 0 spiro atoms. The molecule has 2 aliphatic rings. The van der Waals surface area contributed by atoms with Crippen LogP contribution in [0.15, 0.2) is 24.3 Å². The average Bonchev–Trinajstić information content (AvgIpc) is 3.16. The number of nitrogens with zero attached hydrogens (tertiary/aromatic N) is 1. The number of hydrogen-bond donors (Lipinski definition) is 3. The third-order valence-electron chi connectivity index (χ3n) is 6.31. The molecule has 0 radical (unpaired) electrons. The summed E-state index contributed by atoms with van der Waals surface area (Å²) in [6.45, 7) is 1.70. The number of aliphatic hydroxyl groups is 1. The van der Waals surface area contributed by atoms with E-state index in [1.54, 1.807) is 12.1 Å². The fraction of sp³-hybridized carbons (Fsp3) is 0.364. The van der Waals surface area contributed by atoms with E-state index in [0.29, 0.717) is 16.9 Å². The van der Waals surface area contributed by atoms with Crippen molar-refractivity contribution in [3.05, 3.63) is 35.4 Å². The van der Waals surface area contributed by atoms with Gasteiger partial charge in [0.05, 0.1) is 20.3 Å². The molecule has 2 unspecified atom stereocenters. The number of aliphatic hydroxyl groups excluding tert-OH is 1. The molecule has 5 rings (SSSR count). The van der Waals surface area contributed by atoms with E-state index in [1.165, 1.54) is 14.2 Å². The molecule has 0 bridgehead atoms. The van der Waals surface area contributed by atoms with Gasteiger partial charge in [-0.1, -0.05) is 6.07 Å². The Morgan fingerprint density at radius 2 is 1.82 bits per heavy atom. The van der Waals surface area contributed by atoms with E-state index >= 15 is 0 Å². The van der Waals surface area contributed by atoms with Gasteiger partial charge in [-0.05, 0) is 64.9 Å². The number of methoxy groups -OCH3 is 2. The van der Waals surface area contributed by atoms with Gasteiger partial charge in [0.2, 0.25) is 0 Å². The summed E-state index contributed by atoms with van der Waals surface area (Å²) >= 11 is 0. The van der Waals surface area contributed by atoms with E-state index in [9.17, 15) is 15.3 Å². The van der Waals surface area contributed by atoms with Crippen LogP contribution in [0.3, 0.4) is 0 Å². The molecule has 146 valence electrons. The Kier molecular flexibility index (Phi) is 3.82. The van der Waals surface area contributed by atoms with Crippen molar-refractivity contribution in [3.63, 3.8) is 0 Å². The molecule has 1 fully saturated rings. The smallest absolute Gasteiger partial charge is 0.168 e. The lowest BCUT2D eigenvalue weighted by atomic mass is 9.83. The van der Waals surface area contributed by atoms with E-state index < -0.39 is 6.10 Å². The maximum absolute atomic E-state index is 11.3. The lowest BCUT2D eigenvalue weighted by molar-refractivity contribution is 0.0552. The summed E-state index contributed by atoms with van der Waals surface area (Å²) in [6, 6.07) is 7.01. The van der Waals surface area contributed by atoms with Crippen LogP contribution in [-0.2, 0) is 6.54 Å². The molecule has 2 aliphatic heterocycles. The van der Waals surface area contributed by atoms with Crippen LogP contribution in [0.5, 0.6) is 23.0 Å². The first-order chi connectivity index (χ1) is 13.5. The van der Waals surface area contributed by atoms with Gasteiger partial charge < -0.3 is 24.8 Å². The van der Waals surface area contributed by atoms with E-state index in [0.717, 1.165) is 53.2 Å². The molecule has 1 saturated heterocycles. The fourth-order valence-corrected chi connectivity index (χ4v) is 5.08. The third-order valence-corrected chi connectivity index (χ3v) is 6.31. The van der Waals surface area contributed by atoms with Crippen molar-refractivity contribution >= 4 is 21.5 Å². The molecular formula is C22H23NO5. The largest absolute Gasteiger partial charge is 0.504 e. The van der Waals surface area contributed by atoms with Gasteiger partial charge >= 0.3 is 0 Å². The minimum Gasteiger partial charge on any atom is -0.504 e. The maximum Gasteiger partial charge on any atom is 0.168 e. The zero-order valence-corrected chi connectivity index (χ0v) is 15.9. The standard InChI is InChI=1S/C22H23NO5/c1-27-18-9-12-13(8-17(18)25)20-11(5-6-16(24)22(20)28-2)19-14(12)10-23-7-3-4-15(23)21(19)26/h5-6,8-9,15,21,24-26H,3-4,7,10H2,1-2H3. The van der Waals surface area contributed by atoms with Gasteiger partial charge in [-0.2, -0.15) is 0 Å². The summed E-state index contributed by atoms with van der Waals surface area (Å²) in [6.07, 6.45) is 1.42. The van der Waals surface area contributed by atoms with Crippen molar-refractivity contribution < 1.29 is 24.8 Å². The highest BCUT2D eigenvalue weighted by Gasteiger charge is 2.39. The molecule has 28 heavy (non-hydrogen) atoms. The highest BCUT2D eigenvalue weighted by Crippen LogP contribution is 2.50. The van der Waals surface area contributed by atoms with Crippen molar-refractivity contribution in [1.29, 1.82) is 0 Å². The van der Waals surface area contributed by atoms with E-state index in [4.69, 9.17) is 9.47 Å². The van der Waals surface area contributed by atoms with Crippen LogP contribution in [0.25, 0.3) is 21.5 Å². The van der Waals surface area contributed by atoms with Gasteiger partial charge in [0.1, 0.15) is 0 Å². The normalized spacial score (nSPS) is 21.7. The quantitative estimate of drug-likeness (QED) is 0.590. The second kappa shape index (κ2) is 6.15. The van der Waals surface area contributed by atoms with Crippen LogP contribution in [-0.4, -0.2) is 47.0 Å². The minimum absolute atomic E-state index is 0.0250. The first kappa shape index (κ1) is 17.4. The minimum atomic E-state index is -0.618. The second-order valence-electron chi connectivity index (χ2n) is 7.63. The molecule has 3 aromatic carbocycles. The van der Waals surface area contributed by atoms with Gasteiger partial charge in [-0.15, -0.1) is 0 Å². The summed E-state index contributed by atoms with van der Waals surface area (Å²) in [7, 11) is 3.03. The molecule has 0 aliphatic carbocycles. The van der Waals surface area contributed by atoms with Crippen LogP contribution in [0.2, 0.25) is 0 Å². The molecule has 2 atom stereocenters. The summed E-state index contributed by atoms with van der Waals surface area (Å²) in [5.74, 6) is 0.776. The van der Waals surface area contributed by atoms with Gasteiger partial charge in [0.15, 0.2) is 23.0 Å². The number of aromatic hydroxyl groups is 2. The van der Waals surface area contributed by atoms with Crippen molar-refractivity contribution in [1.82, 2.24) is 4.90 Å². The summed E-state index contributed by atoms with van der Waals surface area (Å²) in [4.78, 5) is 2.33. The Morgan fingerprint density at radius 3 is 2.57 bits per heavy atom. The van der Waals surface area contributed by atoms with Crippen molar-refractivity contribution in [2.75, 3.05) is 20.8 Å². The second-order valence-corrected chi connectivity index (χ2v) is 7.63. The van der Waals surface area contributed by atoms with E-state index in [-0.39, 0.29) is 17.5 Å². The van der Waals surface area contributed by atoms with Crippen molar-refractivity contribution in [2.45, 2.75) is 31.5 Å². The molecule has 0 amide bonds. The van der Waals surface area contributed by atoms with Gasteiger partial charge in [-0.3, -0.25) is 4.90 Å². The third kappa shape index (κ3) is 2.22. The number of fused-ring (bicyclic) bond motifs is 7. The Labute approximate surface area is 162 Å². The number of phenols is 2. The van der Waals surface area contributed by atoms with Crippen LogP contribution >= 0.6 is 0 Å². The summed E-state index contributed by atoms with van der Waals surface area (Å²) in [5.41, 5.74) is 1.93. The van der Waals surface area contributed by atoms with Gasteiger partial charge in [-0.25, -0.2) is 0 Å². The highest BCUT2D eigenvalue weighted by atomic mass is 16.5. The number of phenolic OH excluding ortho intramolecular Hbond substituents is 2. The van der Waals surface area contributed by atoms with Gasteiger partial charge in [0, 0.05) is 18.0 Å². The molecular weight excluding hydrogens is 358 g/mol. The summed E-state index contributed by atoms with van der Waals surface area (Å²) in [5, 5.41) is 35.3. The predicted molar refractivity (Wildman–Crippen MR) is 106 cm³/mol. The lowest BCUT2D eigenvalue weighted by Gasteiger charge is -2.37. The SMILES string of the molecule is COc1cc2c3c(c4ccc(O)c(OC)c4c2cc1O)C(O)C1CCCN1C3. The highest BCUT2D eigenvalue weighted by molar-refractivity contribution is 6.15. The maximum atomic E-state index is 11.3. The molecule has 6 heteroatoms. The zero-order valence-electron chi connectivity index (χ0n) is 15.9. The Morgan fingerprint density at radius 1 is 1.00 bits per heavy atom. The Hall–Kier alpha value is -2.70. The average molecular weight is 381 g/mol. The monoisotopic (exact) mass is 381 g/mol.